The highest BCUT2D eigenvalue weighted by Gasteiger charge is 2.25. The Kier molecular flexibility index (Phi) is 2.74. The molecule has 0 saturated carbocycles. The Hall–Kier alpha value is -1.92. The normalized spacial score (nSPS) is 12.5. The number of primary amides is 1. The largest absolute Gasteiger partial charge is 0.368 e. The number of aromatic nitrogens is 2. The van der Waals surface area contributed by atoms with Crippen molar-refractivity contribution < 1.29 is 9.72 Å². The summed E-state index contributed by atoms with van der Waals surface area (Å²) >= 11 is 0. The fourth-order valence-corrected chi connectivity index (χ4v) is 1.42. The number of hydrogen-bond acceptors (Lipinski definition) is 4. The lowest BCUT2D eigenvalue weighted by atomic mass is 10.3. The Balaban J connectivity index is 3.29. The number of carbonyl (C=O) groups is 1. The standard InChI is InChI=1S/C8H12N4O3/c1-4-7(12(14)15)5(2)11(10-4)6(3)8(9)13/h6H,1-3H3,(H2,9,13)/t6-/m0/s1. The van der Waals surface area contributed by atoms with E-state index in [2.05, 4.69) is 5.10 Å². The van der Waals surface area contributed by atoms with Crippen molar-refractivity contribution in [2.24, 2.45) is 5.73 Å². The van der Waals surface area contributed by atoms with E-state index < -0.39 is 16.9 Å². The molecule has 0 radical (unpaired) electrons. The van der Waals surface area contributed by atoms with Gasteiger partial charge in [-0.05, 0) is 20.8 Å². The van der Waals surface area contributed by atoms with Crippen LogP contribution in [0.5, 0.6) is 0 Å². The van der Waals surface area contributed by atoms with Crippen LogP contribution in [-0.2, 0) is 4.79 Å². The van der Waals surface area contributed by atoms with Gasteiger partial charge in [0.2, 0.25) is 5.91 Å². The minimum absolute atomic E-state index is 0.0666. The van der Waals surface area contributed by atoms with Gasteiger partial charge >= 0.3 is 5.69 Å². The highest BCUT2D eigenvalue weighted by molar-refractivity contribution is 5.78. The molecule has 0 fully saturated rings. The average Bonchev–Trinajstić information content (AvgIpc) is 2.40. The second-order valence-electron chi connectivity index (χ2n) is 3.30. The van der Waals surface area contributed by atoms with Crippen LogP contribution in [0.1, 0.15) is 24.4 Å². The molecule has 15 heavy (non-hydrogen) atoms. The van der Waals surface area contributed by atoms with Crippen LogP contribution in [0.25, 0.3) is 0 Å². The van der Waals surface area contributed by atoms with Crippen molar-refractivity contribution >= 4 is 11.6 Å². The minimum atomic E-state index is -0.683. The molecule has 0 spiro atoms. The fraction of sp³-hybridized carbons (Fsp3) is 0.500. The molecule has 1 atom stereocenters. The van der Waals surface area contributed by atoms with E-state index in [1.807, 2.05) is 0 Å². The molecule has 0 aliphatic rings. The van der Waals surface area contributed by atoms with Gasteiger partial charge in [0.05, 0.1) is 4.92 Å². The summed E-state index contributed by atoms with van der Waals surface area (Å²) in [6.07, 6.45) is 0. The Morgan fingerprint density at radius 2 is 2.13 bits per heavy atom. The van der Waals surface area contributed by atoms with E-state index in [0.29, 0.717) is 5.69 Å². The van der Waals surface area contributed by atoms with E-state index in [1.54, 1.807) is 6.92 Å². The van der Waals surface area contributed by atoms with E-state index in [4.69, 9.17) is 5.73 Å². The van der Waals surface area contributed by atoms with Gasteiger partial charge < -0.3 is 5.73 Å². The first-order valence-corrected chi connectivity index (χ1v) is 4.35. The zero-order valence-electron chi connectivity index (χ0n) is 8.72. The van der Waals surface area contributed by atoms with Gasteiger partial charge in [-0.15, -0.1) is 0 Å². The molecule has 7 heteroatoms. The van der Waals surface area contributed by atoms with Gasteiger partial charge in [0, 0.05) is 0 Å². The van der Waals surface area contributed by atoms with Crippen molar-refractivity contribution in [3.05, 3.63) is 21.5 Å². The van der Waals surface area contributed by atoms with Crippen molar-refractivity contribution in [3.8, 4) is 0 Å². The molecule has 1 heterocycles. The summed E-state index contributed by atoms with van der Waals surface area (Å²) in [5.74, 6) is -0.574. The Bertz CT molecular complexity index is 424. The Morgan fingerprint density at radius 1 is 1.60 bits per heavy atom. The molecule has 7 nitrogen and oxygen atoms in total. The Morgan fingerprint density at radius 3 is 2.47 bits per heavy atom. The SMILES string of the molecule is Cc1nn([C@@H](C)C(N)=O)c(C)c1[N+](=O)[O-]. The third-order valence-electron chi connectivity index (χ3n) is 2.25. The molecular weight excluding hydrogens is 200 g/mol. The van der Waals surface area contributed by atoms with E-state index >= 15 is 0 Å². The van der Waals surface area contributed by atoms with Crippen molar-refractivity contribution in [1.29, 1.82) is 0 Å². The summed E-state index contributed by atoms with van der Waals surface area (Å²) in [5.41, 5.74) is 5.66. The number of rotatable bonds is 3. The van der Waals surface area contributed by atoms with Crippen LogP contribution in [-0.4, -0.2) is 20.6 Å². The van der Waals surface area contributed by atoms with Crippen LogP contribution in [0.4, 0.5) is 5.69 Å². The molecular formula is C8H12N4O3. The third-order valence-corrected chi connectivity index (χ3v) is 2.25. The average molecular weight is 212 g/mol. The van der Waals surface area contributed by atoms with E-state index in [1.165, 1.54) is 18.5 Å². The molecule has 0 unspecified atom stereocenters. The Labute approximate surface area is 86.0 Å². The van der Waals surface area contributed by atoms with Gasteiger partial charge in [0.15, 0.2) is 0 Å². The van der Waals surface area contributed by atoms with E-state index in [-0.39, 0.29) is 11.4 Å². The van der Waals surface area contributed by atoms with E-state index in [9.17, 15) is 14.9 Å². The summed E-state index contributed by atoms with van der Waals surface area (Å²) in [6, 6.07) is -0.683. The van der Waals surface area contributed by atoms with Crippen molar-refractivity contribution in [2.75, 3.05) is 0 Å². The van der Waals surface area contributed by atoms with E-state index in [0.717, 1.165) is 0 Å². The highest BCUT2D eigenvalue weighted by atomic mass is 16.6. The smallest absolute Gasteiger partial charge is 0.312 e. The number of nitrogens with two attached hydrogens (primary N) is 1. The summed E-state index contributed by atoms with van der Waals surface area (Å²) in [4.78, 5) is 21.1. The molecule has 0 aliphatic heterocycles. The highest BCUT2D eigenvalue weighted by Crippen LogP contribution is 2.24. The van der Waals surface area contributed by atoms with Crippen LogP contribution < -0.4 is 5.73 Å². The molecule has 0 saturated heterocycles. The van der Waals surface area contributed by atoms with Crippen LogP contribution >= 0.6 is 0 Å². The molecule has 0 aliphatic carbocycles. The third kappa shape index (κ3) is 1.80. The quantitative estimate of drug-likeness (QED) is 0.580. The summed E-state index contributed by atoms with van der Waals surface area (Å²) < 4.78 is 1.27. The molecule has 0 aromatic carbocycles. The maximum Gasteiger partial charge on any atom is 0.312 e. The van der Waals surface area contributed by atoms with Crippen molar-refractivity contribution in [2.45, 2.75) is 26.8 Å². The first-order valence-electron chi connectivity index (χ1n) is 4.35. The maximum atomic E-state index is 10.9. The molecule has 2 N–H and O–H groups in total. The van der Waals surface area contributed by atoms with Gasteiger partial charge in [-0.25, -0.2) is 0 Å². The predicted octanol–water partition coefficient (Wildman–Crippen LogP) is 0.454. The maximum absolute atomic E-state index is 10.9. The lowest BCUT2D eigenvalue weighted by Crippen LogP contribution is -2.25. The lowest BCUT2D eigenvalue weighted by molar-refractivity contribution is -0.386. The van der Waals surface area contributed by atoms with Gasteiger partial charge in [-0.1, -0.05) is 0 Å². The van der Waals surface area contributed by atoms with Gasteiger partial charge in [-0.3, -0.25) is 19.6 Å². The zero-order chi connectivity index (χ0) is 11.7. The predicted molar refractivity (Wildman–Crippen MR) is 52.3 cm³/mol. The monoisotopic (exact) mass is 212 g/mol. The molecule has 1 aromatic rings. The van der Waals surface area contributed by atoms with Crippen LogP contribution in [0, 0.1) is 24.0 Å². The topological polar surface area (TPSA) is 104 Å². The van der Waals surface area contributed by atoms with Crippen LogP contribution in [0.3, 0.4) is 0 Å². The molecule has 0 bridgehead atoms. The first kappa shape index (κ1) is 11.2. The van der Waals surface area contributed by atoms with Crippen molar-refractivity contribution in [1.82, 2.24) is 9.78 Å². The minimum Gasteiger partial charge on any atom is -0.368 e. The molecule has 1 amide bonds. The number of aryl methyl sites for hydroxylation is 1. The van der Waals surface area contributed by atoms with Gasteiger partial charge in [0.25, 0.3) is 0 Å². The number of nitro groups is 1. The summed E-state index contributed by atoms with van der Waals surface area (Å²) in [6.45, 7) is 4.61. The number of hydrogen-bond donors (Lipinski definition) is 1. The summed E-state index contributed by atoms with van der Waals surface area (Å²) in [5, 5.41) is 14.6. The number of nitrogens with zero attached hydrogens (tertiary/aromatic N) is 3. The van der Waals surface area contributed by atoms with Crippen LogP contribution in [0.15, 0.2) is 0 Å². The molecule has 1 rings (SSSR count). The van der Waals surface area contributed by atoms with Crippen LogP contribution in [0.2, 0.25) is 0 Å². The number of amides is 1. The lowest BCUT2D eigenvalue weighted by Gasteiger charge is -2.08. The second-order valence-corrected chi connectivity index (χ2v) is 3.30. The fourth-order valence-electron chi connectivity index (χ4n) is 1.42. The first-order chi connectivity index (χ1) is 6.86. The summed E-state index contributed by atoms with van der Waals surface area (Å²) in [7, 11) is 0. The second kappa shape index (κ2) is 3.68. The molecule has 1 aromatic heterocycles. The number of carbonyl (C=O) groups excluding carboxylic acids is 1. The van der Waals surface area contributed by atoms with Gasteiger partial charge in [0.1, 0.15) is 17.4 Å². The molecule has 82 valence electrons. The van der Waals surface area contributed by atoms with Crippen molar-refractivity contribution in [3.63, 3.8) is 0 Å². The zero-order valence-corrected chi connectivity index (χ0v) is 8.72. The van der Waals surface area contributed by atoms with Gasteiger partial charge in [-0.2, -0.15) is 5.10 Å².